The van der Waals surface area contributed by atoms with E-state index in [-0.39, 0.29) is 24.0 Å². The Kier molecular flexibility index (Phi) is 7.04. The molecule has 0 saturated carbocycles. The molecule has 0 amide bonds. The quantitative estimate of drug-likeness (QED) is 0.353. The average Bonchev–Trinajstić information content (AvgIpc) is 3.18. The highest BCUT2D eigenvalue weighted by molar-refractivity contribution is 14.0. The fraction of sp³-hybridized carbons (Fsp3) is 0.294. The van der Waals surface area contributed by atoms with Gasteiger partial charge >= 0.3 is 0 Å². The van der Waals surface area contributed by atoms with Crippen molar-refractivity contribution < 1.29 is 0 Å². The minimum Gasteiger partial charge on any atom is -0.355 e. The van der Waals surface area contributed by atoms with Gasteiger partial charge in [0.2, 0.25) is 0 Å². The smallest absolute Gasteiger partial charge is 0.191 e. The summed E-state index contributed by atoms with van der Waals surface area (Å²) in [6, 6.07) is 12.4. The van der Waals surface area contributed by atoms with E-state index in [1.807, 2.05) is 19.1 Å². The van der Waals surface area contributed by atoms with Crippen LogP contribution in [0.5, 0.6) is 0 Å². The fourth-order valence-corrected chi connectivity index (χ4v) is 3.21. The third-order valence-corrected chi connectivity index (χ3v) is 4.58. The van der Waals surface area contributed by atoms with E-state index in [0.717, 1.165) is 36.9 Å². The molecular formula is C17H22IN5S. The van der Waals surface area contributed by atoms with Gasteiger partial charge in [-0.05, 0) is 30.5 Å². The van der Waals surface area contributed by atoms with Crippen molar-refractivity contribution in [2.75, 3.05) is 13.6 Å². The lowest BCUT2D eigenvalue weighted by atomic mass is 10.3. The molecule has 0 fully saturated rings. The Morgan fingerprint density at radius 1 is 1.21 bits per heavy atom. The van der Waals surface area contributed by atoms with Crippen LogP contribution < -0.4 is 10.6 Å². The molecule has 0 atom stereocenters. The predicted octanol–water partition coefficient (Wildman–Crippen LogP) is 3.39. The van der Waals surface area contributed by atoms with Gasteiger partial charge in [-0.3, -0.25) is 4.99 Å². The number of hydrogen-bond donors (Lipinski definition) is 2. The first-order chi connectivity index (χ1) is 11.3. The summed E-state index contributed by atoms with van der Waals surface area (Å²) in [5.41, 5.74) is 2.22. The summed E-state index contributed by atoms with van der Waals surface area (Å²) in [7, 11) is 1.79. The summed E-state index contributed by atoms with van der Waals surface area (Å²) in [6.07, 6.45) is 0. The van der Waals surface area contributed by atoms with Crippen molar-refractivity contribution in [2.45, 2.75) is 20.0 Å². The number of para-hydroxylation sites is 2. The number of guanidine groups is 1. The van der Waals surface area contributed by atoms with Gasteiger partial charge in [0.25, 0.3) is 0 Å². The molecule has 2 heterocycles. The minimum absolute atomic E-state index is 0. The molecule has 0 aliphatic heterocycles. The molecule has 5 nitrogen and oxygen atoms in total. The van der Waals surface area contributed by atoms with Crippen LogP contribution in [0.1, 0.15) is 10.7 Å². The van der Waals surface area contributed by atoms with Crippen molar-refractivity contribution in [3.63, 3.8) is 0 Å². The number of benzene rings is 1. The zero-order valence-corrected chi connectivity index (χ0v) is 17.0. The van der Waals surface area contributed by atoms with Gasteiger partial charge in [0.1, 0.15) is 5.82 Å². The van der Waals surface area contributed by atoms with Crippen molar-refractivity contribution in [3.05, 3.63) is 52.5 Å². The van der Waals surface area contributed by atoms with Crippen molar-refractivity contribution in [1.82, 2.24) is 20.2 Å². The molecule has 0 unspecified atom stereocenters. The maximum Gasteiger partial charge on any atom is 0.191 e. The van der Waals surface area contributed by atoms with Crippen LogP contribution in [0.3, 0.4) is 0 Å². The molecule has 3 rings (SSSR count). The molecule has 2 aromatic heterocycles. The zero-order chi connectivity index (χ0) is 16.1. The summed E-state index contributed by atoms with van der Waals surface area (Å²) in [6.45, 7) is 4.49. The largest absolute Gasteiger partial charge is 0.355 e. The van der Waals surface area contributed by atoms with E-state index in [4.69, 9.17) is 0 Å². The molecule has 7 heteroatoms. The number of fused-ring (bicyclic) bond motifs is 1. The van der Waals surface area contributed by atoms with E-state index in [1.165, 1.54) is 10.4 Å². The molecule has 0 bridgehead atoms. The Labute approximate surface area is 163 Å². The van der Waals surface area contributed by atoms with E-state index < -0.39 is 0 Å². The van der Waals surface area contributed by atoms with Crippen LogP contribution in [-0.2, 0) is 13.1 Å². The fourth-order valence-electron chi connectivity index (χ4n) is 2.57. The predicted molar refractivity (Wildman–Crippen MR) is 112 cm³/mol. The number of rotatable bonds is 5. The topological polar surface area (TPSA) is 54.2 Å². The van der Waals surface area contributed by atoms with Crippen molar-refractivity contribution >= 4 is 52.3 Å². The van der Waals surface area contributed by atoms with Gasteiger partial charge in [-0.15, -0.1) is 35.3 Å². The van der Waals surface area contributed by atoms with Crippen LogP contribution in [-0.4, -0.2) is 29.1 Å². The Hall–Kier alpha value is -1.61. The summed E-state index contributed by atoms with van der Waals surface area (Å²) in [4.78, 5) is 10.2. The molecule has 0 spiro atoms. The van der Waals surface area contributed by atoms with E-state index in [9.17, 15) is 0 Å². The SMILES string of the molecule is CN=C(NCCn1c(C)nc2ccccc21)NCc1cccs1.I. The summed E-state index contributed by atoms with van der Waals surface area (Å²) >= 11 is 1.74. The van der Waals surface area contributed by atoms with Gasteiger partial charge < -0.3 is 15.2 Å². The van der Waals surface area contributed by atoms with Gasteiger partial charge in [-0.1, -0.05) is 18.2 Å². The molecule has 3 aromatic rings. The maximum atomic E-state index is 4.59. The minimum atomic E-state index is 0. The van der Waals surface area contributed by atoms with Crippen LogP contribution in [0, 0.1) is 6.92 Å². The summed E-state index contributed by atoms with van der Waals surface area (Å²) in [5.74, 6) is 1.86. The molecule has 1 aromatic carbocycles. The van der Waals surface area contributed by atoms with Gasteiger partial charge in [-0.2, -0.15) is 0 Å². The Bertz CT molecular complexity index is 795. The number of thiophene rings is 1. The molecule has 128 valence electrons. The number of aromatic nitrogens is 2. The van der Waals surface area contributed by atoms with E-state index in [1.54, 1.807) is 18.4 Å². The highest BCUT2D eigenvalue weighted by Crippen LogP contribution is 2.14. The summed E-state index contributed by atoms with van der Waals surface area (Å²) < 4.78 is 2.23. The molecule has 0 aliphatic carbocycles. The molecule has 0 radical (unpaired) electrons. The average molecular weight is 455 g/mol. The zero-order valence-electron chi connectivity index (χ0n) is 13.8. The van der Waals surface area contributed by atoms with Crippen LogP contribution >= 0.6 is 35.3 Å². The second-order valence-corrected chi connectivity index (χ2v) is 6.26. The second-order valence-electron chi connectivity index (χ2n) is 5.23. The molecule has 24 heavy (non-hydrogen) atoms. The molecule has 2 N–H and O–H groups in total. The summed E-state index contributed by atoms with van der Waals surface area (Å²) in [5, 5.41) is 8.77. The monoisotopic (exact) mass is 455 g/mol. The normalized spacial score (nSPS) is 11.3. The number of halogens is 1. The van der Waals surface area contributed by atoms with E-state index >= 15 is 0 Å². The molecule has 0 aliphatic rings. The van der Waals surface area contributed by atoms with Crippen LogP contribution in [0.15, 0.2) is 46.8 Å². The van der Waals surface area contributed by atoms with E-state index in [0.29, 0.717) is 0 Å². The highest BCUT2D eigenvalue weighted by Gasteiger charge is 2.06. The van der Waals surface area contributed by atoms with E-state index in [2.05, 4.69) is 54.8 Å². The van der Waals surface area contributed by atoms with Crippen molar-refractivity contribution in [1.29, 1.82) is 0 Å². The van der Waals surface area contributed by atoms with Crippen molar-refractivity contribution in [2.24, 2.45) is 4.99 Å². The van der Waals surface area contributed by atoms with Crippen molar-refractivity contribution in [3.8, 4) is 0 Å². The third-order valence-electron chi connectivity index (χ3n) is 3.71. The number of hydrogen-bond acceptors (Lipinski definition) is 3. The Morgan fingerprint density at radius 3 is 2.79 bits per heavy atom. The highest BCUT2D eigenvalue weighted by atomic mass is 127. The Balaban J connectivity index is 0.00000208. The first-order valence-corrected chi connectivity index (χ1v) is 8.54. The standard InChI is InChI=1S/C17H21N5S.HI/c1-13-21-15-7-3-4-8-16(15)22(13)10-9-19-17(18-2)20-12-14-6-5-11-23-14;/h3-8,11H,9-10,12H2,1-2H3,(H2,18,19,20);1H. The maximum absolute atomic E-state index is 4.59. The first kappa shape index (κ1) is 18.7. The van der Waals surface area contributed by atoms with Gasteiger partial charge in [-0.25, -0.2) is 4.98 Å². The number of nitrogens with one attached hydrogen (secondary N) is 2. The van der Waals surface area contributed by atoms with Gasteiger partial charge in [0, 0.05) is 25.0 Å². The lowest BCUT2D eigenvalue weighted by molar-refractivity contribution is 0.660. The third kappa shape index (κ3) is 4.47. The van der Waals surface area contributed by atoms with Gasteiger partial charge in [0.05, 0.1) is 17.6 Å². The number of aryl methyl sites for hydroxylation is 1. The number of aliphatic imine (C=N–C) groups is 1. The first-order valence-electron chi connectivity index (χ1n) is 7.66. The number of imidazole rings is 1. The van der Waals surface area contributed by atoms with Crippen LogP contribution in [0.25, 0.3) is 11.0 Å². The molecular weight excluding hydrogens is 433 g/mol. The lowest BCUT2D eigenvalue weighted by Crippen LogP contribution is -2.38. The van der Waals surface area contributed by atoms with Crippen LogP contribution in [0.2, 0.25) is 0 Å². The lowest BCUT2D eigenvalue weighted by Gasteiger charge is -2.12. The second kappa shape index (κ2) is 9.03. The van der Waals surface area contributed by atoms with Crippen LogP contribution in [0.4, 0.5) is 0 Å². The Morgan fingerprint density at radius 2 is 2.04 bits per heavy atom. The number of nitrogens with zero attached hydrogens (tertiary/aromatic N) is 3. The molecule has 0 saturated heterocycles. The van der Waals surface area contributed by atoms with Gasteiger partial charge in [0.15, 0.2) is 5.96 Å².